The highest BCUT2D eigenvalue weighted by atomic mass is 16.5. The van der Waals surface area contributed by atoms with E-state index in [2.05, 4.69) is 20.6 Å². The summed E-state index contributed by atoms with van der Waals surface area (Å²) in [7, 11) is 1.62. The normalized spacial score (nSPS) is 10.8. The number of aromatic nitrogens is 2. The van der Waals surface area contributed by atoms with Gasteiger partial charge in [-0.05, 0) is 58.0 Å². The minimum atomic E-state index is -0.0988. The van der Waals surface area contributed by atoms with Crippen molar-refractivity contribution in [3.63, 3.8) is 0 Å². The van der Waals surface area contributed by atoms with Crippen LogP contribution in [0.4, 0.5) is 0 Å². The summed E-state index contributed by atoms with van der Waals surface area (Å²) in [5, 5.41) is 7.68. The number of fused-ring (bicyclic) bond motifs is 2. The predicted octanol–water partition coefficient (Wildman–Crippen LogP) is 4.62. The van der Waals surface area contributed by atoms with Crippen LogP contribution in [-0.4, -0.2) is 41.0 Å². The van der Waals surface area contributed by atoms with Crippen LogP contribution in [0.15, 0.2) is 54.6 Å². The lowest BCUT2D eigenvalue weighted by molar-refractivity contribution is 0.0930. The number of hydrogen-bond acceptors (Lipinski definition) is 3. The molecule has 0 unspecified atom stereocenters. The molecule has 2 aromatic heterocycles. The third kappa shape index (κ3) is 5.49. The van der Waals surface area contributed by atoms with Crippen LogP contribution < -0.4 is 15.4 Å². The summed E-state index contributed by atoms with van der Waals surface area (Å²) in [4.78, 5) is 29.7. The van der Waals surface area contributed by atoms with Crippen LogP contribution in [0.1, 0.15) is 48.7 Å². The van der Waals surface area contributed by atoms with E-state index in [9.17, 15) is 9.59 Å². The predicted molar refractivity (Wildman–Crippen MR) is 128 cm³/mol. The van der Waals surface area contributed by atoms with E-state index in [4.69, 9.17) is 4.74 Å². The van der Waals surface area contributed by atoms with Gasteiger partial charge in [0, 0.05) is 33.9 Å². The Hall–Kier alpha value is -3.74. The summed E-state index contributed by atoms with van der Waals surface area (Å²) in [6.07, 6.45) is 0. The van der Waals surface area contributed by atoms with Crippen LogP contribution in [0.2, 0.25) is 0 Å². The monoisotopic (exact) mass is 434 g/mol. The molecule has 2 heterocycles. The molecule has 2 amide bonds. The lowest BCUT2D eigenvalue weighted by Gasteiger charge is -2.05. The van der Waals surface area contributed by atoms with Gasteiger partial charge >= 0.3 is 0 Å². The third-order valence-corrected chi connectivity index (χ3v) is 4.70. The number of methoxy groups -OCH3 is 1. The van der Waals surface area contributed by atoms with Crippen molar-refractivity contribution in [3.05, 3.63) is 66.0 Å². The summed E-state index contributed by atoms with van der Waals surface area (Å²) < 4.78 is 5.25. The smallest absolute Gasteiger partial charge is 0.267 e. The van der Waals surface area contributed by atoms with Crippen molar-refractivity contribution in [2.75, 3.05) is 7.11 Å². The third-order valence-electron chi connectivity index (χ3n) is 4.70. The van der Waals surface area contributed by atoms with E-state index in [1.165, 1.54) is 0 Å². The van der Waals surface area contributed by atoms with Gasteiger partial charge in [-0.2, -0.15) is 0 Å². The van der Waals surface area contributed by atoms with Gasteiger partial charge in [0.15, 0.2) is 0 Å². The maximum atomic E-state index is 11.8. The molecule has 0 fully saturated rings. The molecular formula is C25H30N4O3. The Bertz CT molecular complexity index is 1190. The summed E-state index contributed by atoms with van der Waals surface area (Å²) in [5.41, 5.74) is 3.06. The molecule has 7 nitrogen and oxygen atoms in total. The Morgan fingerprint density at radius 1 is 0.781 bits per heavy atom. The van der Waals surface area contributed by atoms with Crippen LogP contribution in [0.5, 0.6) is 5.75 Å². The molecule has 0 atom stereocenters. The van der Waals surface area contributed by atoms with Gasteiger partial charge in [-0.25, -0.2) is 0 Å². The lowest BCUT2D eigenvalue weighted by Crippen LogP contribution is -2.30. The number of ether oxygens (including phenoxy) is 1. The summed E-state index contributed by atoms with van der Waals surface area (Å²) in [5.74, 6) is 0.613. The van der Waals surface area contributed by atoms with E-state index in [0.717, 1.165) is 27.6 Å². The highest BCUT2D eigenvalue weighted by Gasteiger charge is 2.12. The number of carbonyl (C=O) groups is 2. The van der Waals surface area contributed by atoms with E-state index in [0.29, 0.717) is 11.4 Å². The molecule has 32 heavy (non-hydrogen) atoms. The average Bonchev–Trinajstić information content (AvgIpc) is 3.37. The Kier molecular flexibility index (Phi) is 7.20. The van der Waals surface area contributed by atoms with Crippen LogP contribution >= 0.6 is 0 Å². The fraction of sp³-hybridized carbons (Fsp3) is 0.280. The molecule has 168 valence electrons. The minimum Gasteiger partial charge on any atom is -0.496 e. The molecule has 0 radical (unpaired) electrons. The van der Waals surface area contributed by atoms with E-state index in [1.807, 2.05) is 82.3 Å². The first-order valence-electron chi connectivity index (χ1n) is 10.6. The molecule has 0 aliphatic heterocycles. The number of rotatable bonds is 5. The van der Waals surface area contributed by atoms with Crippen molar-refractivity contribution in [3.8, 4) is 5.75 Å². The number of H-pyrrole nitrogens is 2. The maximum Gasteiger partial charge on any atom is 0.267 e. The van der Waals surface area contributed by atoms with Gasteiger partial charge in [-0.3, -0.25) is 9.59 Å². The lowest BCUT2D eigenvalue weighted by atomic mass is 10.2. The Labute approximate surface area is 187 Å². The molecule has 4 N–H and O–H groups in total. The van der Waals surface area contributed by atoms with Crippen LogP contribution in [0.25, 0.3) is 21.8 Å². The molecule has 0 saturated carbocycles. The minimum absolute atomic E-state index is 0.0544. The number of carbonyl (C=O) groups excluding carboxylic acids is 2. The first kappa shape index (κ1) is 22.9. The number of benzene rings is 2. The molecule has 0 aliphatic rings. The Balaban J connectivity index is 0.000000182. The zero-order valence-electron chi connectivity index (χ0n) is 19.1. The van der Waals surface area contributed by atoms with E-state index >= 15 is 0 Å². The molecule has 0 saturated heterocycles. The first-order valence-corrected chi connectivity index (χ1v) is 10.6. The molecule has 4 aromatic rings. The standard InChI is InChI=1S/C13H16N2O2.C12H14N2O/c1-8(2)14-13(16)11-7-9-10(15-11)5-4-6-12(9)17-3;1-8(2)13-12(15)11-7-9-5-3-4-6-10(9)14-11/h4-8,15H,1-3H3,(H,14,16);3-8,14H,1-2H3,(H,13,15). The molecule has 7 heteroatoms. The second kappa shape index (κ2) is 10.0. The van der Waals surface area contributed by atoms with Crippen LogP contribution in [0.3, 0.4) is 0 Å². The Morgan fingerprint density at radius 2 is 1.34 bits per heavy atom. The summed E-state index contributed by atoms with van der Waals surface area (Å²) in [6.45, 7) is 7.75. The van der Waals surface area contributed by atoms with Crippen molar-refractivity contribution in [1.82, 2.24) is 20.6 Å². The van der Waals surface area contributed by atoms with Gasteiger partial charge in [-0.15, -0.1) is 0 Å². The van der Waals surface area contributed by atoms with Crippen molar-refractivity contribution in [2.45, 2.75) is 39.8 Å². The quantitative estimate of drug-likeness (QED) is 0.369. The number of amides is 2. The largest absolute Gasteiger partial charge is 0.496 e. The van der Waals surface area contributed by atoms with Gasteiger partial charge in [0.1, 0.15) is 17.1 Å². The van der Waals surface area contributed by atoms with Crippen LogP contribution in [0, 0.1) is 0 Å². The second-order valence-electron chi connectivity index (χ2n) is 8.13. The second-order valence-corrected chi connectivity index (χ2v) is 8.13. The highest BCUT2D eigenvalue weighted by molar-refractivity contribution is 6.00. The molecule has 4 rings (SSSR count). The molecule has 0 spiro atoms. The summed E-state index contributed by atoms with van der Waals surface area (Å²) >= 11 is 0. The molecule has 2 aromatic carbocycles. The SMILES string of the molecule is CC(C)NC(=O)c1cc2ccccc2[nH]1.COc1cccc2[nH]c(C(=O)NC(C)C)cc12. The number of hydrogen-bond donors (Lipinski definition) is 4. The van der Waals surface area contributed by atoms with Gasteiger partial charge in [0.25, 0.3) is 11.8 Å². The maximum absolute atomic E-state index is 11.8. The van der Waals surface area contributed by atoms with Crippen molar-refractivity contribution in [2.24, 2.45) is 0 Å². The van der Waals surface area contributed by atoms with Crippen molar-refractivity contribution < 1.29 is 14.3 Å². The van der Waals surface area contributed by atoms with Gasteiger partial charge < -0.3 is 25.3 Å². The zero-order valence-corrected chi connectivity index (χ0v) is 19.1. The topological polar surface area (TPSA) is 99.0 Å². The fourth-order valence-electron chi connectivity index (χ4n) is 3.30. The van der Waals surface area contributed by atoms with Gasteiger partial charge in [-0.1, -0.05) is 24.3 Å². The first-order chi connectivity index (χ1) is 15.3. The van der Waals surface area contributed by atoms with E-state index in [1.54, 1.807) is 7.11 Å². The number of aromatic amines is 2. The highest BCUT2D eigenvalue weighted by Crippen LogP contribution is 2.25. The fourth-order valence-corrected chi connectivity index (χ4v) is 3.30. The zero-order chi connectivity index (χ0) is 23.3. The number of nitrogens with one attached hydrogen (secondary N) is 4. The van der Waals surface area contributed by atoms with Crippen LogP contribution in [-0.2, 0) is 0 Å². The molecule has 0 aliphatic carbocycles. The van der Waals surface area contributed by atoms with Gasteiger partial charge in [0.05, 0.1) is 7.11 Å². The molecular weight excluding hydrogens is 404 g/mol. The van der Waals surface area contributed by atoms with E-state index in [-0.39, 0.29) is 23.9 Å². The summed E-state index contributed by atoms with van der Waals surface area (Å²) in [6, 6.07) is 17.5. The average molecular weight is 435 g/mol. The Morgan fingerprint density at radius 3 is 1.94 bits per heavy atom. The van der Waals surface area contributed by atoms with Crippen molar-refractivity contribution in [1.29, 1.82) is 0 Å². The number of para-hydroxylation sites is 1. The van der Waals surface area contributed by atoms with E-state index < -0.39 is 0 Å². The molecule has 0 bridgehead atoms. The van der Waals surface area contributed by atoms with Crippen molar-refractivity contribution >= 4 is 33.6 Å². The van der Waals surface area contributed by atoms with Gasteiger partial charge in [0.2, 0.25) is 0 Å².